The molecule has 0 aliphatic rings. The summed E-state index contributed by atoms with van der Waals surface area (Å²) in [7, 11) is 0. The SMILES string of the molecule is CCCCCCCCCCCCCCCC[n+]1ccccc1.[Mn]. The van der Waals surface area contributed by atoms with Crippen LogP contribution in [0.1, 0.15) is 96.8 Å². The summed E-state index contributed by atoms with van der Waals surface area (Å²) in [5.74, 6) is 0. The Morgan fingerprint density at radius 2 is 0.913 bits per heavy atom. The van der Waals surface area contributed by atoms with Gasteiger partial charge in [-0.2, -0.15) is 0 Å². The molecular formula is C21H38MnN+. The van der Waals surface area contributed by atoms with Gasteiger partial charge in [0.1, 0.15) is 6.54 Å². The van der Waals surface area contributed by atoms with Gasteiger partial charge in [-0.3, -0.25) is 0 Å². The zero-order chi connectivity index (χ0) is 15.7. The van der Waals surface area contributed by atoms with Gasteiger partial charge in [0.15, 0.2) is 12.4 Å². The summed E-state index contributed by atoms with van der Waals surface area (Å²) in [6, 6.07) is 6.31. The van der Waals surface area contributed by atoms with Crippen molar-refractivity contribution in [2.45, 2.75) is 103 Å². The first-order chi connectivity index (χ1) is 10.9. The van der Waals surface area contributed by atoms with E-state index in [-0.39, 0.29) is 17.1 Å². The Morgan fingerprint density at radius 1 is 0.522 bits per heavy atom. The summed E-state index contributed by atoms with van der Waals surface area (Å²) < 4.78 is 2.29. The summed E-state index contributed by atoms with van der Waals surface area (Å²) in [6.07, 6.45) is 24.4. The average molecular weight is 359 g/mol. The van der Waals surface area contributed by atoms with Crippen LogP contribution >= 0.6 is 0 Å². The van der Waals surface area contributed by atoms with Crippen molar-refractivity contribution in [1.29, 1.82) is 0 Å². The van der Waals surface area contributed by atoms with Crippen LogP contribution in [0, 0.1) is 0 Å². The molecule has 0 bridgehead atoms. The smallest absolute Gasteiger partial charge is 0.168 e. The second-order valence-electron chi connectivity index (χ2n) is 6.71. The van der Waals surface area contributed by atoms with E-state index in [1.54, 1.807) is 0 Å². The standard InChI is InChI=1S/C21H38N.Mn/c1-2-3-4-5-6-7-8-9-10-11-12-13-14-16-19-22-20-17-15-18-21-22;/h15,17-18,20-21H,2-14,16,19H2,1H3;/q+1;. The number of hydrogen-bond acceptors (Lipinski definition) is 0. The molecule has 2 heteroatoms. The average Bonchev–Trinajstić information content (AvgIpc) is 2.56. The Hall–Kier alpha value is -0.331. The van der Waals surface area contributed by atoms with E-state index in [0.29, 0.717) is 0 Å². The predicted octanol–water partition coefficient (Wildman–Crippen LogP) is 6.45. The molecule has 1 aromatic heterocycles. The largest absolute Gasteiger partial charge is 0.205 e. The maximum absolute atomic E-state index is 2.29. The fourth-order valence-corrected chi connectivity index (χ4v) is 3.07. The van der Waals surface area contributed by atoms with Crippen LogP contribution in [0.3, 0.4) is 0 Å². The van der Waals surface area contributed by atoms with E-state index in [4.69, 9.17) is 0 Å². The summed E-state index contributed by atoms with van der Waals surface area (Å²) in [6.45, 7) is 3.47. The number of aryl methyl sites for hydroxylation is 1. The van der Waals surface area contributed by atoms with E-state index < -0.39 is 0 Å². The van der Waals surface area contributed by atoms with Gasteiger partial charge in [0.2, 0.25) is 0 Å². The van der Waals surface area contributed by atoms with Crippen LogP contribution in [-0.2, 0) is 23.6 Å². The summed E-state index contributed by atoms with van der Waals surface area (Å²) in [5.41, 5.74) is 0. The summed E-state index contributed by atoms with van der Waals surface area (Å²) >= 11 is 0. The van der Waals surface area contributed by atoms with Crippen LogP contribution in [0.4, 0.5) is 0 Å². The van der Waals surface area contributed by atoms with E-state index in [9.17, 15) is 0 Å². The Labute approximate surface area is 155 Å². The molecule has 0 saturated heterocycles. The topological polar surface area (TPSA) is 3.88 Å². The third kappa shape index (κ3) is 15.0. The summed E-state index contributed by atoms with van der Waals surface area (Å²) in [5, 5.41) is 0. The number of aromatic nitrogens is 1. The first-order valence-corrected chi connectivity index (χ1v) is 9.87. The quantitative estimate of drug-likeness (QED) is 0.192. The molecule has 1 radical (unpaired) electrons. The third-order valence-electron chi connectivity index (χ3n) is 4.55. The minimum Gasteiger partial charge on any atom is -0.205 e. The molecule has 1 heterocycles. The van der Waals surface area contributed by atoms with E-state index in [1.165, 1.54) is 96.4 Å². The Morgan fingerprint density at radius 3 is 1.35 bits per heavy atom. The first kappa shape index (κ1) is 22.7. The molecule has 0 amide bonds. The van der Waals surface area contributed by atoms with Crippen molar-refractivity contribution < 1.29 is 21.6 Å². The zero-order valence-electron chi connectivity index (χ0n) is 15.3. The van der Waals surface area contributed by atoms with Crippen molar-refractivity contribution in [3.8, 4) is 0 Å². The van der Waals surface area contributed by atoms with Crippen molar-refractivity contribution >= 4 is 0 Å². The zero-order valence-corrected chi connectivity index (χ0v) is 16.5. The van der Waals surface area contributed by atoms with Crippen LogP contribution in [0.2, 0.25) is 0 Å². The fourth-order valence-electron chi connectivity index (χ4n) is 3.07. The van der Waals surface area contributed by atoms with Gasteiger partial charge < -0.3 is 0 Å². The number of nitrogens with zero attached hydrogens (tertiary/aromatic N) is 1. The van der Waals surface area contributed by atoms with Crippen molar-refractivity contribution in [3.63, 3.8) is 0 Å². The second-order valence-corrected chi connectivity index (χ2v) is 6.71. The van der Waals surface area contributed by atoms with Gasteiger partial charge >= 0.3 is 0 Å². The van der Waals surface area contributed by atoms with E-state index in [1.807, 2.05) is 0 Å². The van der Waals surface area contributed by atoms with Crippen molar-refractivity contribution in [3.05, 3.63) is 30.6 Å². The molecule has 0 aliphatic heterocycles. The van der Waals surface area contributed by atoms with Gasteiger partial charge in [0, 0.05) is 35.6 Å². The fraction of sp³-hybridized carbons (Fsp3) is 0.762. The first-order valence-electron chi connectivity index (χ1n) is 9.87. The molecule has 23 heavy (non-hydrogen) atoms. The van der Waals surface area contributed by atoms with Gasteiger partial charge in [0.25, 0.3) is 0 Å². The van der Waals surface area contributed by atoms with Crippen molar-refractivity contribution in [2.24, 2.45) is 0 Å². The maximum atomic E-state index is 2.29. The molecule has 0 unspecified atom stereocenters. The van der Waals surface area contributed by atoms with Gasteiger partial charge in [-0.25, -0.2) is 4.57 Å². The Kier molecular flexibility index (Phi) is 17.8. The number of pyridine rings is 1. The molecule has 0 atom stereocenters. The molecule has 1 aromatic rings. The molecule has 133 valence electrons. The van der Waals surface area contributed by atoms with Gasteiger partial charge in [-0.15, -0.1) is 0 Å². The predicted molar refractivity (Wildman–Crippen MR) is 96.9 cm³/mol. The van der Waals surface area contributed by atoms with Crippen LogP contribution in [0.5, 0.6) is 0 Å². The minimum absolute atomic E-state index is 0. The van der Waals surface area contributed by atoms with E-state index >= 15 is 0 Å². The van der Waals surface area contributed by atoms with Gasteiger partial charge in [-0.05, 0) is 6.42 Å². The molecule has 0 spiro atoms. The third-order valence-corrected chi connectivity index (χ3v) is 4.55. The number of hydrogen-bond donors (Lipinski definition) is 0. The normalized spacial score (nSPS) is 10.5. The van der Waals surface area contributed by atoms with E-state index in [0.717, 1.165) is 0 Å². The molecular weight excluding hydrogens is 321 g/mol. The van der Waals surface area contributed by atoms with Gasteiger partial charge in [-0.1, -0.05) is 90.0 Å². The van der Waals surface area contributed by atoms with Crippen LogP contribution in [0.15, 0.2) is 30.6 Å². The number of unbranched alkanes of at least 4 members (excludes halogenated alkanes) is 13. The molecule has 0 fully saturated rings. The molecule has 1 nitrogen and oxygen atoms in total. The van der Waals surface area contributed by atoms with Gasteiger partial charge in [0.05, 0.1) is 0 Å². The second kappa shape index (κ2) is 18.0. The maximum Gasteiger partial charge on any atom is 0.168 e. The van der Waals surface area contributed by atoms with E-state index in [2.05, 4.69) is 42.1 Å². The Bertz CT molecular complexity index is 326. The van der Waals surface area contributed by atoms with Crippen molar-refractivity contribution in [2.75, 3.05) is 0 Å². The monoisotopic (exact) mass is 359 g/mol. The number of rotatable bonds is 15. The molecule has 1 rings (SSSR count). The molecule has 0 saturated carbocycles. The molecule has 0 aliphatic carbocycles. The Balaban J connectivity index is 0.00000484. The summed E-state index contributed by atoms with van der Waals surface area (Å²) in [4.78, 5) is 0. The van der Waals surface area contributed by atoms with Crippen molar-refractivity contribution in [1.82, 2.24) is 0 Å². The van der Waals surface area contributed by atoms with Crippen LogP contribution in [-0.4, -0.2) is 0 Å². The molecule has 0 N–H and O–H groups in total. The molecule has 0 aromatic carbocycles. The van der Waals surface area contributed by atoms with Crippen LogP contribution in [0.25, 0.3) is 0 Å². The minimum atomic E-state index is 0. The van der Waals surface area contributed by atoms with Crippen LogP contribution < -0.4 is 4.57 Å².